The Morgan fingerprint density at radius 2 is 2.04 bits per heavy atom. The van der Waals surface area contributed by atoms with Gasteiger partial charge in [0.05, 0.1) is 26.6 Å². The van der Waals surface area contributed by atoms with Gasteiger partial charge in [-0.1, -0.05) is 13.8 Å². The van der Waals surface area contributed by atoms with E-state index in [9.17, 15) is 9.59 Å². The van der Waals surface area contributed by atoms with Crippen LogP contribution in [0.25, 0.3) is 0 Å². The largest absolute Gasteiger partial charge is 0.497 e. The first kappa shape index (κ1) is 22.4. The molecule has 7 nitrogen and oxygen atoms in total. The maximum absolute atomic E-state index is 12.9. The van der Waals surface area contributed by atoms with Crippen LogP contribution in [-0.2, 0) is 14.3 Å². The average molecular weight is 411 g/mol. The Bertz CT molecular complexity index is 683. The van der Waals surface area contributed by atoms with E-state index >= 15 is 0 Å². The molecule has 1 aromatic carbocycles. The van der Waals surface area contributed by atoms with E-state index < -0.39 is 6.04 Å². The number of amides is 2. The summed E-state index contributed by atoms with van der Waals surface area (Å²) in [6.07, 6.45) is 0.577. The van der Waals surface area contributed by atoms with Gasteiger partial charge in [0.25, 0.3) is 0 Å². The van der Waals surface area contributed by atoms with Gasteiger partial charge in [-0.2, -0.15) is 0 Å². The fraction of sp³-hybridized carbons (Fsp3) is 0.600. The molecule has 0 aliphatic carbocycles. The van der Waals surface area contributed by atoms with Crippen LogP contribution in [0.3, 0.4) is 0 Å². The predicted octanol–water partition coefficient (Wildman–Crippen LogP) is 2.46. The van der Waals surface area contributed by atoms with Gasteiger partial charge in [0.15, 0.2) is 0 Å². The number of benzene rings is 1. The van der Waals surface area contributed by atoms with Crippen molar-refractivity contribution in [3.05, 3.63) is 23.8 Å². The van der Waals surface area contributed by atoms with Gasteiger partial charge in [0.2, 0.25) is 11.8 Å². The van der Waals surface area contributed by atoms with Crippen molar-refractivity contribution in [1.82, 2.24) is 10.2 Å². The third-order valence-electron chi connectivity index (χ3n) is 4.55. The van der Waals surface area contributed by atoms with Crippen LogP contribution in [0.2, 0.25) is 0 Å². The summed E-state index contributed by atoms with van der Waals surface area (Å²) in [5, 5.41) is 2.58. The summed E-state index contributed by atoms with van der Waals surface area (Å²) in [6, 6.07) is 4.96. The van der Waals surface area contributed by atoms with Gasteiger partial charge in [-0.15, -0.1) is 11.8 Å². The van der Waals surface area contributed by atoms with Crippen LogP contribution in [0.1, 0.15) is 31.2 Å². The molecular formula is C20H30N2O5S. The lowest BCUT2D eigenvalue weighted by Gasteiger charge is -2.33. The van der Waals surface area contributed by atoms with Crippen LogP contribution in [0, 0.1) is 5.92 Å². The zero-order chi connectivity index (χ0) is 20.7. The molecule has 0 unspecified atom stereocenters. The van der Waals surface area contributed by atoms with Crippen LogP contribution in [0.4, 0.5) is 0 Å². The van der Waals surface area contributed by atoms with Crippen molar-refractivity contribution in [2.45, 2.75) is 31.7 Å². The number of nitrogens with one attached hydrogen (secondary N) is 1. The van der Waals surface area contributed by atoms with Crippen molar-refractivity contribution in [2.75, 3.05) is 40.2 Å². The normalized spacial score (nSPS) is 17.7. The fourth-order valence-corrected chi connectivity index (χ4v) is 4.47. The molecule has 0 bridgehead atoms. The van der Waals surface area contributed by atoms with Crippen molar-refractivity contribution in [2.24, 2.45) is 5.92 Å². The number of hydrogen-bond acceptors (Lipinski definition) is 6. The lowest BCUT2D eigenvalue weighted by Crippen LogP contribution is -2.49. The molecule has 8 heteroatoms. The molecule has 2 rings (SSSR count). The maximum atomic E-state index is 12.9. The topological polar surface area (TPSA) is 77.1 Å². The first-order valence-electron chi connectivity index (χ1n) is 9.34. The minimum atomic E-state index is -0.555. The van der Waals surface area contributed by atoms with E-state index in [1.54, 1.807) is 26.2 Å². The van der Waals surface area contributed by atoms with Crippen LogP contribution in [0.5, 0.6) is 11.5 Å². The molecule has 28 heavy (non-hydrogen) atoms. The van der Waals surface area contributed by atoms with Crippen molar-refractivity contribution in [3.63, 3.8) is 0 Å². The number of hydrogen-bond donors (Lipinski definition) is 1. The Kier molecular flexibility index (Phi) is 8.44. The summed E-state index contributed by atoms with van der Waals surface area (Å²) in [7, 11) is 4.78. The molecule has 2 amide bonds. The second kappa shape index (κ2) is 10.6. The van der Waals surface area contributed by atoms with Crippen LogP contribution in [0.15, 0.2) is 18.2 Å². The quantitative estimate of drug-likeness (QED) is 0.597. The molecule has 0 radical (unpaired) electrons. The first-order chi connectivity index (χ1) is 13.4. The molecule has 0 saturated carbocycles. The molecule has 2 atom stereocenters. The Morgan fingerprint density at radius 1 is 1.29 bits per heavy atom. The second-order valence-electron chi connectivity index (χ2n) is 7.00. The summed E-state index contributed by atoms with van der Waals surface area (Å²) >= 11 is 1.50. The van der Waals surface area contributed by atoms with E-state index in [0.717, 1.165) is 5.56 Å². The zero-order valence-corrected chi connectivity index (χ0v) is 18.0. The number of carbonyl (C=O) groups excluding carboxylic acids is 2. The van der Waals surface area contributed by atoms with Gasteiger partial charge < -0.3 is 24.4 Å². The average Bonchev–Trinajstić information content (AvgIpc) is 3.06. The Labute approximate surface area is 171 Å². The molecule has 1 N–H and O–H groups in total. The molecule has 1 aliphatic rings. The lowest BCUT2D eigenvalue weighted by molar-refractivity contribution is -0.139. The molecule has 1 fully saturated rings. The highest BCUT2D eigenvalue weighted by Gasteiger charge is 2.42. The Morgan fingerprint density at radius 3 is 2.64 bits per heavy atom. The minimum absolute atomic E-state index is 0.0487. The summed E-state index contributed by atoms with van der Waals surface area (Å²) < 4.78 is 15.9. The number of carbonyl (C=O) groups is 2. The molecule has 1 aromatic rings. The third kappa shape index (κ3) is 5.32. The zero-order valence-electron chi connectivity index (χ0n) is 17.2. The van der Waals surface area contributed by atoms with E-state index in [0.29, 0.717) is 36.8 Å². The van der Waals surface area contributed by atoms with Crippen molar-refractivity contribution < 1.29 is 23.8 Å². The summed E-state index contributed by atoms with van der Waals surface area (Å²) in [6.45, 7) is 4.93. The van der Waals surface area contributed by atoms with E-state index in [1.807, 2.05) is 32.0 Å². The molecular weight excluding hydrogens is 380 g/mol. The SMILES string of the molecule is COCCNC(=O)[C@H](CC(C)C)N1C(=O)CS[C@H]1c1cc(OC)ccc1OC. The first-order valence-corrected chi connectivity index (χ1v) is 10.4. The standard InChI is InChI=1S/C20H30N2O5S/c1-13(2)10-16(19(24)21-8-9-25-3)22-18(23)12-28-20(22)15-11-14(26-4)6-7-17(15)27-5/h6-7,11,13,16,20H,8-10,12H2,1-5H3,(H,21,24)/t16-,20-/m0/s1. The monoisotopic (exact) mass is 410 g/mol. The van der Waals surface area contributed by atoms with E-state index in [-0.39, 0.29) is 23.1 Å². The van der Waals surface area contributed by atoms with Crippen LogP contribution >= 0.6 is 11.8 Å². The third-order valence-corrected chi connectivity index (χ3v) is 5.76. The predicted molar refractivity (Wildman–Crippen MR) is 110 cm³/mol. The number of rotatable bonds is 10. The van der Waals surface area contributed by atoms with E-state index in [4.69, 9.17) is 14.2 Å². The highest BCUT2D eigenvalue weighted by Crippen LogP contribution is 2.45. The van der Waals surface area contributed by atoms with Crippen molar-refractivity contribution in [1.29, 1.82) is 0 Å². The smallest absolute Gasteiger partial charge is 0.242 e. The van der Waals surface area contributed by atoms with Gasteiger partial charge in [0.1, 0.15) is 22.9 Å². The lowest BCUT2D eigenvalue weighted by atomic mass is 10.0. The van der Waals surface area contributed by atoms with Gasteiger partial charge >= 0.3 is 0 Å². The molecule has 0 spiro atoms. The molecule has 156 valence electrons. The van der Waals surface area contributed by atoms with Gasteiger partial charge in [-0.05, 0) is 30.5 Å². The summed E-state index contributed by atoms with van der Waals surface area (Å²) in [5.74, 6) is 1.72. The van der Waals surface area contributed by atoms with Crippen LogP contribution < -0.4 is 14.8 Å². The highest BCUT2D eigenvalue weighted by atomic mass is 32.2. The number of nitrogens with zero attached hydrogens (tertiary/aromatic N) is 1. The molecule has 1 heterocycles. The highest BCUT2D eigenvalue weighted by molar-refractivity contribution is 8.00. The van der Waals surface area contributed by atoms with Gasteiger partial charge in [0, 0.05) is 19.2 Å². The maximum Gasteiger partial charge on any atom is 0.242 e. The van der Waals surface area contributed by atoms with Crippen molar-refractivity contribution >= 4 is 23.6 Å². The van der Waals surface area contributed by atoms with Gasteiger partial charge in [-0.25, -0.2) is 0 Å². The van der Waals surface area contributed by atoms with Crippen molar-refractivity contribution in [3.8, 4) is 11.5 Å². The fourth-order valence-electron chi connectivity index (χ4n) is 3.23. The van der Waals surface area contributed by atoms with Crippen LogP contribution in [-0.4, -0.2) is 63.0 Å². The second-order valence-corrected chi connectivity index (χ2v) is 8.07. The Balaban J connectivity index is 2.37. The number of thioether (sulfide) groups is 1. The van der Waals surface area contributed by atoms with Gasteiger partial charge in [-0.3, -0.25) is 9.59 Å². The summed E-state index contributed by atoms with van der Waals surface area (Å²) in [4.78, 5) is 27.4. The number of ether oxygens (including phenoxy) is 3. The number of methoxy groups -OCH3 is 3. The van der Waals surface area contributed by atoms with E-state index in [1.165, 1.54) is 11.8 Å². The van der Waals surface area contributed by atoms with E-state index in [2.05, 4.69) is 5.32 Å². The Hall–Kier alpha value is -1.93. The summed E-state index contributed by atoms with van der Waals surface area (Å²) in [5.41, 5.74) is 0.830. The molecule has 1 aliphatic heterocycles. The molecule has 0 aromatic heterocycles. The minimum Gasteiger partial charge on any atom is -0.497 e. The molecule has 1 saturated heterocycles.